The fraction of sp³-hybridized carbons (Fsp3) is 0. The molecule has 8 aromatic carbocycles. The first-order valence-electron chi connectivity index (χ1n) is 24.3. The van der Waals surface area contributed by atoms with Crippen LogP contribution in [0.5, 0.6) is 0 Å². The number of hydrogen-bond donors (Lipinski definition) is 0. The summed E-state index contributed by atoms with van der Waals surface area (Å²) in [5.74, 6) is 0. The fourth-order valence-electron chi connectivity index (χ4n) is 12.2. The van der Waals surface area contributed by atoms with Gasteiger partial charge in [0.15, 0.2) is 0 Å². The third kappa shape index (κ3) is 4.94. The molecule has 9 heterocycles. The molecule has 0 unspecified atom stereocenters. The first-order valence-corrected chi connectivity index (χ1v) is 24.3. The molecule has 0 bridgehead atoms. The molecule has 0 N–H and O–H groups in total. The smallest absolute Gasteiger partial charge is 0.145 e. The molecule has 8 nitrogen and oxygen atoms in total. The predicted octanol–water partition coefficient (Wildman–Crippen LogP) is 15.6. The minimum absolute atomic E-state index is 0.789. The number of pyridine rings is 4. The minimum Gasteiger partial charge on any atom is -0.290 e. The van der Waals surface area contributed by atoms with Gasteiger partial charge in [-0.1, -0.05) is 121 Å². The van der Waals surface area contributed by atoms with Crippen molar-refractivity contribution in [3.8, 4) is 44.5 Å². The molecule has 0 atom stereocenters. The molecule has 0 spiro atoms. The topological polar surface area (TPSA) is 86.2 Å². The van der Waals surface area contributed by atoms with Crippen molar-refractivity contribution in [2.75, 3.05) is 0 Å². The standard InChI is InChI=1S/C64H34N8/c1-5-15-35(16-6-1)39-27-45-47-31-41(37-19-9-3-10-20-37)33-67-63(47)71-59(45)49(29-39)51-57-58(70-56-44-24-14-26-66-54(44)53-43(55(56)69-57)23-13-25-65-53)52-50-30-40(36-17-7-2-8-18-36)28-46-48-32-42(38-21-11-4-12-22-38)34-68-64(48)72(60(46)50)62(52)61(51)71/h1-34H. The second kappa shape index (κ2) is 13.9. The zero-order valence-electron chi connectivity index (χ0n) is 38.2. The Balaban J connectivity index is 1.16. The van der Waals surface area contributed by atoms with Crippen LogP contribution < -0.4 is 0 Å². The van der Waals surface area contributed by atoms with Gasteiger partial charge in [0.25, 0.3) is 0 Å². The first kappa shape index (κ1) is 38.0. The van der Waals surface area contributed by atoms with Crippen molar-refractivity contribution in [2.45, 2.75) is 0 Å². The SMILES string of the molecule is c1ccc(-c2cnc3c(c2)c2cc(-c4ccccc4)cc4c5c6nc7c8cccnc8c8ncccc8c7nc6c6c7cc(-c8ccccc8)cc8c9cc(-c%10ccccc%10)cnc9n(c87)c6c5n3c24)cc1. The van der Waals surface area contributed by atoms with Gasteiger partial charge in [0.05, 0.1) is 44.1 Å². The van der Waals surface area contributed by atoms with E-state index in [9.17, 15) is 0 Å². The molecule has 17 aromatic rings. The number of rotatable bonds is 4. The summed E-state index contributed by atoms with van der Waals surface area (Å²) < 4.78 is 4.85. The van der Waals surface area contributed by atoms with E-state index in [0.717, 1.165) is 165 Å². The molecular formula is C64H34N8. The van der Waals surface area contributed by atoms with Crippen LogP contribution in [0.4, 0.5) is 0 Å². The van der Waals surface area contributed by atoms with Crippen LogP contribution in [0.1, 0.15) is 0 Å². The van der Waals surface area contributed by atoms with Gasteiger partial charge < -0.3 is 0 Å². The van der Waals surface area contributed by atoms with Crippen molar-refractivity contribution >= 4 is 120 Å². The van der Waals surface area contributed by atoms with Gasteiger partial charge in [-0.2, -0.15) is 0 Å². The van der Waals surface area contributed by atoms with Crippen LogP contribution in [-0.2, 0) is 0 Å². The predicted molar refractivity (Wildman–Crippen MR) is 294 cm³/mol. The highest BCUT2D eigenvalue weighted by Crippen LogP contribution is 2.51. The normalized spacial score (nSPS) is 12.4. The lowest BCUT2D eigenvalue weighted by molar-refractivity contribution is 1.24. The maximum absolute atomic E-state index is 5.90. The Morgan fingerprint density at radius 1 is 0.250 bits per heavy atom. The lowest BCUT2D eigenvalue weighted by Gasteiger charge is -2.12. The van der Waals surface area contributed by atoms with E-state index in [-0.39, 0.29) is 0 Å². The Labute approximate surface area is 408 Å². The average molecular weight is 915 g/mol. The molecule has 0 amide bonds. The zero-order valence-corrected chi connectivity index (χ0v) is 38.2. The van der Waals surface area contributed by atoms with Crippen LogP contribution >= 0.6 is 0 Å². The largest absolute Gasteiger partial charge is 0.290 e. The maximum Gasteiger partial charge on any atom is 0.145 e. The van der Waals surface area contributed by atoms with Gasteiger partial charge in [0, 0.05) is 89.8 Å². The summed E-state index contributed by atoms with van der Waals surface area (Å²) in [5, 5.41) is 10.4. The number of benzene rings is 8. The Kier molecular flexibility index (Phi) is 7.32. The van der Waals surface area contributed by atoms with E-state index in [1.54, 1.807) is 0 Å². The van der Waals surface area contributed by atoms with Gasteiger partial charge in [0.2, 0.25) is 0 Å². The molecule has 330 valence electrons. The summed E-state index contributed by atoms with van der Waals surface area (Å²) >= 11 is 0. The van der Waals surface area contributed by atoms with Crippen LogP contribution in [0.15, 0.2) is 207 Å². The number of aromatic nitrogens is 8. The number of fused-ring (bicyclic) bond motifs is 22. The summed E-state index contributed by atoms with van der Waals surface area (Å²) in [7, 11) is 0. The molecule has 0 aliphatic heterocycles. The van der Waals surface area contributed by atoms with Crippen LogP contribution in [0, 0.1) is 0 Å². The third-order valence-corrected chi connectivity index (χ3v) is 15.2. The van der Waals surface area contributed by atoms with E-state index in [1.165, 1.54) is 0 Å². The number of nitrogens with zero attached hydrogens (tertiary/aromatic N) is 8. The van der Waals surface area contributed by atoms with Gasteiger partial charge in [-0.3, -0.25) is 18.8 Å². The molecular weight excluding hydrogens is 881 g/mol. The minimum atomic E-state index is 0.789. The van der Waals surface area contributed by atoms with Crippen molar-refractivity contribution in [1.29, 1.82) is 0 Å². The van der Waals surface area contributed by atoms with Crippen molar-refractivity contribution in [2.24, 2.45) is 0 Å². The highest BCUT2D eigenvalue weighted by atomic mass is 15.0. The van der Waals surface area contributed by atoms with Gasteiger partial charge in [0.1, 0.15) is 22.3 Å². The van der Waals surface area contributed by atoms with E-state index in [2.05, 4.69) is 179 Å². The maximum atomic E-state index is 5.90. The molecule has 0 saturated heterocycles. The quantitative estimate of drug-likeness (QED) is 0.129. The van der Waals surface area contributed by atoms with Gasteiger partial charge in [-0.25, -0.2) is 19.9 Å². The molecule has 8 heteroatoms. The van der Waals surface area contributed by atoms with E-state index in [0.29, 0.717) is 0 Å². The molecule has 0 radical (unpaired) electrons. The molecule has 17 rings (SSSR count). The fourth-order valence-corrected chi connectivity index (χ4v) is 12.2. The Bertz CT molecular complexity index is 4800. The Morgan fingerprint density at radius 2 is 0.611 bits per heavy atom. The second-order valence-corrected chi connectivity index (χ2v) is 19.0. The van der Waals surface area contributed by atoms with Gasteiger partial charge in [-0.15, -0.1) is 0 Å². The van der Waals surface area contributed by atoms with Gasteiger partial charge in [-0.05, 0) is 94.0 Å². The molecule has 0 aliphatic carbocycles. The molecule has 0 fully saturated rings. The van der Waals surface area contributed by atoms with Crippen LogP contribution in [-0.4, -0.2) is 38.7 Å². The summed E-state index contributed by atoms with van der Waals surface area (Å²) in [6.07, 6.45) is 7.73. The van der Waals surface area contributed by atoms with Crippen LogP contribution in [0.25, 0.3) is 165 Å². The molecule has 9 aromatic heterocycles. The molecule has 0 aliphatic rings. The van der Waals surface area contributed by atoms with Crippen molar-refractivity contribution in [3.05, 3.63) is 207 Å². The lowest BCUT2D eigenvalue weighted by atomic mass is 9.96. The molecule has 72 heavy (non-hydrogen) atoms. The van der Waals surface area contributed by atoms with E-state index in [4.69, 9.17) is 29.9 Å². The zero-order chi connectivity index (χ0) is 46.8. The summed E-state index contributed by atoms with van der Waals surface area (Å²) in [5.41, 5.74) is 19.7. The van der Waals surface area contributed by atoms with Crippen molar-refractivity contribution in [1.82, 2.24) is 38.7 Å². The van der Waals surface area contributed by atoms with Crippen molar-refractivity contribution in [3.63, 3.8) is 0 Å². The van der Waals surface area contributed by atoms with E-state index >= 15 is 0 Å². The second-order valence-electron chi connectivity index (χ2n) is 19.0. The average Bonchev–Trinajstić information content (AvgIpc) is 4.20. The van der Waals surface area contributed by atoms with Gasteiger partial charge >= 0.3 is 0 Å². The van der Waals surface area contributed by atoms with Crippen molar-refractivity contribution < 1.29 is 0 Å². The highest BCUT2D eigenvalue weighted by Gasteiger charge is 2.31. The summed E-state index contributed by atoms with van der Waals surface area (Å²) in [6.45, 7) is 0. The Hall–Kier alpha value is -9.92. The number of hydrogen-bond acceptors (Lipinski definition) is 6. The first-order chi connectivity index (χ1) is 35.7. The lowest BCUT2D eigenvalue weighted by Crippen LogP contribution is -1.96. The third-order valence-electron chi connectivity index (χ3n) is 15.2. The van der Waals surface area contributed by atoms with Crippen LogP contribution in [0.3, 0.4) is 0 Å². The van der Waals surface area contributed by atoms with E-state index < -0.39 is 0 Å². The summed E-state index contributed by atoms with van der Waals surface area (Å²) in [6, 6.07) is 64.8. The van der Waals surface area contributed by atoms with E-state index in [1.807, 2.05) is 36.9 Å². The molecule has 0 saturated carbocycles. The monoisotopic (exact) mass is 914 g/mol. The Morgan fingerprint density at radius 3 is 1.01 bits per heavy atom. The highest BCUT2D eigenvalue weighted by molar-refractivity contribution is 6.41. The summed E-state index contributed by atoms with van der Waals surface area (Å²) in [4.78, 5) is 32.6. The van der Waals surface area contributed by atoms with Crippen LogP contribution in [0.2, 0.25) is 0 Å².